The number of carbonyl (C=O) groups excluding carboxylic acids is 1. The molecule has 2 aliphatic rings. The lowest BCUT2D eigenvalue weighted by molar-refractivity contribution is 0.0674. The summed E-state index contributed by atoms with van der Waals surface area (Å²) in [5.41, 5.74) is -0.155. The van der Waals surface area contributed by atoms with Crippen molar-refractivity contribution < 1.29 is 19.1 Å². The lowest BCUT2D eigenvalue weighted by atomic mass is 9.95. The van der Waals surface area contributed by atoms with Gasteiger partial charge in [-0.1, -0.05) is 12.8 Å². The van der Waals surface area contributed by atoms with Crippen LogP contribution in [-0.4, -0.2) is 34.5 Å². The predicted octanol–water partition coefficient (Wildman–Crippen LogP) is 3.32. The number of amides is 1. The number of benzene rings is 1. The van der Waals surface area contributed by atoms with Crippen molar-refractivity contribution in [3.8, 4) is 0 Å². The molecule has 3 rings (SSSR count). The van der Waals surface area contributed by atoms with E-state index in [9.17, 15) is 14.0 Å². The first-order chi connectivity index (χ1) is 10.6. The molecule has 0 spiro atoms. The Balaban J connectivity index is 1.82. The minimum absolute atomic E-state index is 0.0186. The number of hydrogen-bond donors (Lipinski definition) is 1. The van der Waals surface area contributed by atoms with Gasteiger partial charge in [0.2, 0.25) is 0 Å². The van der Waals surface area contributed by atoms with Crippen LogP contribution >= 0.6 is 0 Å². The lowest BCUT2D eigenvalue weighted by Crippen LogP contribution is -2.39. The fourth-order valence-electron chi connectivity index (χ4n) is 3.85. The molecule has 0 aromatic heterocycles. The van der Waals surface area contributed by atoms with Gasteiger partial charge < -0.3 is 10.0 Å². The number of nitrogens with zero attached hydrogens (tertiary/aromatic N) is 1. The summed E-state index contributed by atoms with van der Waals surface area (Å²) in [4.78, 5) is 25.3. The van der Waals surface area contributed by atoms with E-state index in [0.29, 0.717) is 12.5 Å². The van der Waals surface area contributed by atoms with Gasteiger partial charge in [0.15, 0.2) is 0 Å². The predicted molar refractivity (Wildman–Crippen MR) is 79.4 cm³/mol. The van der Waals surface area contributed by atoms with Gasteiger partial charge in [-0.2, -0.15) is 0 Å². The zero-order valence-corrected chi connectivity index (χ0v) is 12.4. The van der Waals surface area contributed by atoms with Crippen LogP contribution in [0.4, 0.5) is 4.39 Å². The van der Waals surface area contributed by atoms with Gasteiger partial charge in [0.1, 0.15) is 5.82 Å². The first kappa shape index (κ1) is 15.0. The molecule has 118 valence electrons. The Morgan fingerprint density at radius 2 is 1.86 bits per heavy atom. The van der Waals surface area contributed by atoms with Gasteiger partial charge in [0.25, 0.3) is 5.91 Å². The zero-order chi connectivity index (χ0) is 15.7. The molecule has 1 aliphatic heterocycles. The Morgan fingerprint density at radius 3 is 2.50 bits per heavy atom. The van der Waals surface area contributed by atoms with Gasteiger partial charge in [-0.15, -0.1) is 0 Å². The number of likely N-dealkylation sites (tertiary alicyclic amines) is 1. The van der Waals surface area contributed by atoms with Gasteiger partial charge in [-0.25, -0.2) is 9.18 Å². The van der Waals surface area contributed by atoms with E-state index in [2.05, 4.69) is 0 Å². The minimum Gasteiger partial charge on any atom is -0.478 e. The first-order valence-electron chi connectivity index (χ1n) is 7.91. The molecule has 1 aromatic carbocycles. The lowest BCUT2D eigenvalue weighted by Gasteiger charge is -2.29. The smallest absolute Gasteiger partial charge is 0.335 e. The summed E-state index contributed by atoms with van der Waals surface area (Å²) in [6, 6.07) is 3.73. The third kappa shape index (κ3) is 2.72. The van der Waals surface area contributed by atoms with Gasteiger partial charge in [-0.05, 0) is 49.8 Å². The molecule has 1 N–H and O–H groups in total. The molecule has 1 amide bonds. The normalized spacial score (nSPS) is 22.2. The summed E-state index contributed by atoms with van der Waals surface area (Å²) in [5, 5.41) is 8.87. The van der Waals surface area contributed by atoms with Crippen LogP contribution in [0.5, 0.6) is 0 Å². The molecule has 22 heavy (non-hydrogen) atoms. The van der Waals surface area contributed by atoms with Gasteiger partial charge in [0.05, 0.1) is 11.1 Å². The van der Waals surface area contributed by atoms with Crippen LogP contribution in [0.15, 0.2) is 18.2 Å². The van der Waals surface area contributed by atoms with Crippen LogP contribution < -0.4 is 0 Å². The number of aromatic carboxylic acids is 1. The molecule has 2 fully saturated rings. The summed E-state index contributed by atoms with van der Waals surface area (Å²) < 4.78 is 14.1. The number of hydrogen-bond acceptors (Lipinski definition) is 2. The fraction of sp³-hybridized carbons (Fsp3) is 0.529. The third-order valence-electron chi connectivity index (χ3n) is 4.95. The molecular formula is C17H20FNO3. The van der Waals surface area contributed by atoms with E-state index < -0.39 is 11.8 Å². The maximum absolute atomic E-state index is 14.1. The van der Waals surface area contributed by atoms with Gasteiger partial charge in [-0.3, -0.25) is 4.79 Å². The Labute approximate surface area is 128 Å². The van der Waals surface area contributed by atoms with Crippen molar-refractivity contribution in [1.29, 1.82) is 0 Å². The Kier molecular flexibility index (Phi) is 4.14. The molecule has 4 nitrogen and oxygen atoms in total. The SMILES string of the molecule is O=C(O)c1ccc(C(=O)N2CCCC2C2CCCC2)c(F)c1. The van der Waals surface area contributed by atoms with Crippen molar-refractivity contribution in [3.05, 3.63) is 35.1 Å². The summed E-state index contributed by atoms with van der Waals surface area (Å²) in [6.45, 7) is 0.667. The van der Waals surface area contributed by atoms with Crippen LogP contribution in [0.1, 0.15) is 59.2 Å². The highest BCUT2D eigenvalue weighted by Crippen LogP contribution is 2.36. The molecule has 1 saturated heterocycles. The van der Waals surface area contributed by atoms with Crippen molar-refractivity contribution in [2.75, 3.05) is 6.54 Å². The molecule has 0 radical (unpaired) electrons. The van der Waals surface area contributed by atoms with Crippen molar-refractivity contribution in [3.63, 3.8) is 0 Å². The second-order valence-corrected chi connectivity index (χ2v) is 6.25. The topological polar surface area (TPSA) is 57.6 Å². The molecule has 5 heteroatoms. The summed E-state index contributed by atoms with van der Waals surface area (Å²) in [5.74, 6) is -1.71. The van der Waals surface area contributed by atoms with E-state index in [0.717, 1.165) is 31.7 Å². The molecule has 1 saturated carbocycles. The zero-order valence-electron chi connectivity index (χ0n) is 12.4. The second kappa shape index (κ2) is 6.07. The molecule has 1 atom stereocenters. The van der Waals surface area contributed by atoms with Crippen LogP contribution in [0.25, 0.3) is 0 Å². The van der Waals surface area contributed by atoms with E-state index >= 15 is 0 Å². The number of carboxylic acids is 1. The average Bonchev–Trinajstić information content (AvgIpc) is 3.16. The number of halogens is 1. The van der Waals surface area contributed by atoms with Crippen molar-refractivity contribution in [2.24, 2.45) is 5.92 Å². The molecular weight excluding hydrogens is 285 g/mol. The van der Waals surface area contributed by atoms with E-state index in [4.69, 9.17) is 5.11 Å². The quantitative estimate of drug-likeness (QED) is 0.932. The minimum atomic E-state index is -1.19. The summed E-state index contributed by atoms with van der Waals surface area (Å²) in [6.07, 6.45) is 6.67. The van der Waals surface area contributed by atoms with Gasteiger partial charge >= 0.3 is 5.97 Å². The third-order valence-corrected chi connectivity index (χ3v) is 4.95. The molecule has 1 unspecified atom stereocenters. The maximum Gasteiger partial charge on any atom is 0.335 e. The maximum atomic E-state index is 14.1. The highest BCUT2D eigenvalue weighted by molar-refractivity contribution is 5.96. The summed E-state index contributed by atoms with van der Waals surface area (Å²) in [7, 11) is 0. The van der Waals surface area contributed by atoms with Crippen LogP contribution in [-0.2, 0) is 0 Å². The number of carboxylic acid groups (broad SMARTS) is 1. The van der Waals surface area contributed by atoms with Crippen molar-refractivity contribution in [2.45, 2.75) is 44.6 Å². The highest BCUT2D eigenvalue weighted by Gasteiger charge is 2.36. The highest BCUT2D eigenvalue weighted by atomic mass is 19.1. The monoisotopic (exact) mass is 305 g/mol. The molecule has 1 aromatic rings. The Hall–Kier alpha value is -1.91. The Bertz CT molecular complexity index is 596. The molecule has 0 bridgehead atoms. The second-order valence-electron chi connectivity index (χ2n) is 6.25. The molecule has 1 heterocycles. The van der Waals surface area contributed by atoms with E-state index in [1.165, 1.54) is 25.0 Å². The largest absolute Gasteiger partial charge is 0.478 e. The van der Waals surface area contributed by atoms with Crippen molar-refractivity contribution >= 4 is 11.9 Å². The van der Waals surface area contributed by atoms with Crippen LogP contribution in [0.2, 0.25) is 0 Å². The van der Waals surface area contributed by atoms with Crippen LogP contribution in [0, 0.1) is 11.7 Å². The van der Waals surface area contributed by atoms with E-state index in [1.807, 2.05) is 0 Å². The van der Waals surface area contributed by atoms with Crippen molar-refractivity contribution in [1.82, 2.24) is 4.90 Å². The molecule has 1 aliphatic carbocycles. The standard InChI is InChI=1S/C17H20FNO3/c18-14-10-12(17(21)22)7-8-13(14)16(20)19-9-3-6-15(19)11-4-1-2-5-11/h7-8,10-11,15H,1-6,9H2,(H,21,22). The number of carbonyl (C=O) groups is 2. The summed E-state index contributed by atoms with van der Waals surface area (Å²) >= 11 is 0. The number of rotatable bonds is 3. The van der Waals surface area contributed by atoms with E-state index in [1.54, 1.807) is 4.90 Å². The van der Waals surface area contributed by atoms with E-state index in [-0.39, 0.29) is 23.1 Å². The van der Waals surface area contributed by atoms with Gasteiger partial charge in [0, 0.05) is 12.6 Å². The average molecular weight is 305 g/mol. The first-order valence-corrected chi connectivity index (χ1v) is 7.91. The Morgan fingerprint density at radius 1 is 1.14 bits per heavy atom. The fourth-order valence-corrected chi connectivity index (χ4v) is 3.85. The van der Waals surface area contributed by atoms with Crippen LogP contribution in [0.3, 0.4) is 0 Å².